The summed E-state index contributed by atoms with van der Waals surface area (Å²) < 4.78 is 0.778. The summed E-state index contributed by atoms with van der Waals surface area (Å²) in [6.07, 6.45) is 0. The summed E-state index contributed by atoms with van der Waals surface area (Å²) in [5.41, 5.74) is 2.19. The molecule has 1 unspecified atom stereocenters. The number of hydrogen-bond donors (Lipinski definition) is 1. The number of carbonyl (C=O) groups excluding carboxylic acids is 1. The molecule has 1 aromatic carbocycles. The van der Waals surface area contributed by atoms with Gasteiger partial charge in [-0.1, -0.05) is 56.9 Å². The van der Waals surface area contributed by atoms with Crippen molar-refractivity contribution >= 4 is 39.9 Å². The zero-order chi connectivity index (χ0) is 17.6. The van der Waals surface area contributed by atoms with Crippen LogP contribution in [0.15, 0.2) is 24.3 Å². The molecule has 1 rings (SSSR count). The van der Waals surface area contributed by atoms with Crippen LogP contribution in [-0.2, 0) is 10.2 Å². The summed E-state index contributed by atoms with van der Waals surface area (Å²) in [6, 6.07) is 8.04. The van der Waals surface area contributed by atoms with Crippen molar-refractivity contribution in [2.75, 3.05) is 18.4 Å². The van der Waals surface area contributed by atoms with Gasteiger partial charge in [0.2, 0.25) is 5.91 Å². The Morgan fingerprint density at radius 3 is 2.17 bits per heavy atom. The highest BCUT2D eigenvalue weighted by atomic mass is 32.2. The third-order valence-electron chi connectivity index (χ3n) is 3.69. The van der Waals surface area contributed by atoms with Crippen molar-refractivity contribution in [2.45, 2.75) is 52.2 Å². The van der Waals surface area contributed by atoms with E-state index in [9.17, 15) is 4.79 Å². The molecule has 1 atom stereocenters. The molecule has 0 aromatic heterocycles. The molecule has 0 fully saturated rings. The Hall–Kier alpha value is -1.07. The van der Waals surface area contributed by atoms with Crippen LogP contribution in [-0.4, -0.2) is 33.5 Å². The number of amides is 1. The van der Waals surface area contributed by atoms with Crippen molar-refractivity contribution in [3.63, 3.8) is 0 Å². The van der Waals surface area contributed by atoms with Crippen molar-refractivity contribution in [2.24, 2.45) is 0 Å². The van der Waals surface area contributed by atoms with Crippen molar-refractivity contribution in [3.8, 4) is 0 Å². The number of hydrogen-bond acceptors (Lipinski definition) is 3. The molecule has 0 spiro atoms. The van der Waals surface area contributed by atoms with Gasteiger partial charge in [-0.3, -0.25) is 4.79 Å². The maximum absolute atomic E-state index is 12.3. The molecule has 1 aromatic rings. The van der Waals surface area contributed by atoms with Gasteiger partial charge < -0.3 is 10.2 Å². The molecule has 23 heavy (non-hydrogen) atoms. The quantitative estimate of drug-likeness (QED) is 0.781. The van der Waals surface area contributed by atoms with E-state index in [0.717, 1.165) is 23.1 Å². The second kappa shape index (κ2) is 8.69. The largest absolute Gasteiger partial charge is 0.358 e. The number of rotatable bonds is 5. The van der Waals surface area contributed by atoms with Gasteiger partial charge in [-0.25, -0.2) is 0 Å². The molecular weight excluding hydrogens is 324 g/mol. The molecule has 0 aliphatic heterocycles. The molecule has 5 heteroatoms. The first-order valence-corrected chi connectivity index (χ1v) is 9.34. The second-order valence-corrected chi connectivity index (χ2v) is 8.49. The van der Waals surface area contributed by atoms with Crippen LogP contribution in [0.1, 0.15) is 47.1 Å². The maximum atomic E-state index is 12.3. The van der Waals surface area contributed by atoms with Gasteiger partial charge in [0.15, 0.2) is 0 Å². The van der Waals surface area contributed by atoms with Crippen molar-refractivity contribution in [1.82, 2.24) is 4.90 Å². The Morgan fingerprint density at radius 2 is 1.74 bits per heavy atom. The zero-order valence-corrected chi connectivity index (χ0v) is 16.6. The summed E-state index contributed by atoms with van der Waals surface area (Å²) in [4.78, 5) is 14.4. The van der Waals surface area contributed by atoms with Crippen molar-refractivity contribution < 1.29 is 4.79 Å². The van der Waals surface area contributed by atoms with E-state index in [4.69, 9.17) is 12.2 Å². The lowest BCUT2D eigenvalue weighted by atomic mass is 9.87. The molecule has 0 aliphatic carbocycles. The van der Waals surface area contributed by atoms with E-state index in [1.165, 1.54) is 17.3 Å². The molecule has 0 saturated heterocycles. The molecule has 1 amide bonds. The first kappa shape index (κ1) is 20.0. The number of carbonyl (C=O) groups is 1. The lowest BCUT2D eigenvalue weighted by Crippen LogP contribution is -2.31. The predicted molar refractivity (Wildman–Crippen MR) is 106 cm³/mol. The fraction of sp³-hybridized carbons (Fsp3) is 0.556. The molecule has 0 radical (unpaired) electrons. The predicted octanol–water partition coefficient (Wildman–Crippen LogP) is 4.67. The van der Waals surface area contributed by atoms with Crippen LogP contribution in [0.2, 0.25) is 0 Å². The smallest absolute Gasteiger partial charge is 0.237 e. The highest BCUT2D eigenvalue weighted by Gasteiger charge is 2.19. The first-order valence-electron chi connectivity index (χ1n) is 8.06. The van der Waals surface area contributed by atoms with E-state index in [1.54, 1.807) is 0 Å². The number of nitrogens with one attached hydrogen (secondary N) is 1. The summed E-state index contributed by atoms with van der Waals surface area (Å²) in [7, 11) is 0. The number of thioether (sulfide) groups is 1. The molecule has 0 aliphatic rings. The summed E-state index contributed by atoms with van der Waals surface area (Å²) in [5.74, 6) is -0.0204. The average Bonchev–Trinajstić information content (AvgIpc) is 2.48. The fourth-order valence-corrected chi connectivity index (χ4v) is 3.63. The molecule has 0 saturated carbocycles. The highest BCUT2D eigenvalue weighted by molar-refractivity contribution is 8.23. The summed E-state index contributed by atoms with van der Waals surface area (Å²) in [5, 5.41) is 2.75. The molecular formula is C18H28N2OS2. The minimum absolute atomic E-state index is 0.0204. The van der Waals surface area contributed by atoms with Gasteiger partial charge in [0, 0.05) is 18.8 Å². The SMILES string of the molecule is CCN(CC)C(=S)SC(C)C(=O)Nc1ccc(C(C)(C)C)cc1. The summed E-state index contributed by atoms with van der Waals surface area (Å²) >= 11 is 6.84. The van der Waals surface area contributed by atoms with E-state index >= 15 is 0 Å². The van der Waals surface area contributed by atoms with E-state index in [0.29, 0.717) is 0 Å². The molecule has 0 bridgehead atoms. The molecule has 128 valence electrons. The van der Waals surface area contributed by atoms with Gasteiger partial charge in [0.1, 0.15) is 4.32 Å². The number of nitrogens with zero attached hydrogens (tertiary/aromatic N) is 1. The Kier molecular flexibility index (Phi) is 7.55. The van der Waals surface area contributed by atoms with Crippen LogP contribution in [0.3, 0.4) is 0 Å². The van der Waals surface area contributed by atoms with Crippen molar-refractivity contribution in [1.29, 1.82) is 0 Å². The Balaban J connectivity index is 2.63. The standard InChI is InChI=1S/C18H28N2OS2/c1-7-20(8-2)17(22)23-13(3)16(21)19-15-11-9-14(10-12-15)18(4,5)6/h9-13H,7-8H2,1-6H3,(H,19,21). The van der Waals surface area contributed by atoms with Crippen LogP contribution in [0.4, 0.5) is 5.69 Å². The maximum Gasteiger partial charge on any atom is 0.237 e. The fourth-order valence-electron chi connectivity index (χ4n) is 2.06. The zero-order valence-electron chi connectivity index (χ0n) is 15.0. The van der Waals surface area contributed by atoms with Gasteiger partial charge in [-0.2, -0.15) is 0 Å². The average molecular weight is 353 g/mol. The monoisotopic (exact) mass is 352 g/mol. The minimum Gasteiger partial charge on any atom is -0.358 e. The Bertz CT molecular complexity index is 531. The second-order valence-electron chi connectivity index (χ2n) is 6.51. The number of anilines is 1. The van der Waals surface area contributed by atoms with Gasteiger partial charge in [-0.15, -0.1) is 0 Å². The van der Waals surface area contributed by atoms with Crippen molar-refractivity contribution in [3.05, 3.63) is 29.8 Å². The Morgan fingerprint density at radius 1 is 1.22 bits per heavy atom. The lowest BCUT2D eigenvalue weighted by molar-refractivity contribution is -0.115. The van der Waals surface area contributed by atoms with Crippen LogP contribution in [0.25, 0.3) is 0 Å². The van der Waals surface area contributed by atoms with Crippen LogP contribution >= 0.6 is 24.0 Å². The van der Waals surface area contributed by atoms with Gasteiger partial charge in [0.25, 0.3) is 0 Å². The number of benzene rings is 1. The third kappa shape index (κ3) is 6.15. The summed E-state index contributed by atoms with van der Waals surface area (Å²) in [6.45, 7) is 14.3. The highest BCUT2D eigenvalue weighted by Crippen LogP contribution is 2.24. The van der Waals surface area contributed by atoms with E-state index < -0.39 is 0 Å². The molecule has 1 N–H and O–H groups in total. The first-order chi connectivity index (χ1) is 10.7. The van der Waals surface area contributed by atoms with Gasteiger partial charge >= 0.3 is 0 Å². The van der Waals surface area contributed by atoms with Gasteiger partial charge in [-0.05, 0) is 43.9 Å². The van der Waals surface area contributed by atoms with Gasteiger partial charge in [0.05, 0.1) is 5.25 Å². The van der Waals surface area contributed by atoms with Crippen LogP contribution in [0, 0.1) is 0 Å². The van der Waals surface area contributed by atoms with Crippen LogP contribution in [0.5, 0.6) is 0 Å². The third-order valence-corrected chi connectivity index (χ3v) is 5.26. The van der Waals surface area contributed by atoms with Crippen LogP contribution < -0.4 is 5.32 Å². The minimum atomic E-state index is -0.217. The molecule has 0 heterocycles. The Labute approximate surface area is 150 Å². The molecule has 3 nitrogen and oxygen atoms in total. The number of thiocarbonyl (C=S) groups is 1. The van der Waals surface area contributed by atoms with E-state index in [2.05, 4.69) is 57.0 Å². The topological polar surface area (TPSA) is 32.3 Å². The lowest BCUT2D eigenvalue weighted by Gasteiger charge is -2.23. The van der Waals surface area contributed by atoms with E-state index in [-0.39, 0.29) is 16.6 Å². The van der Waals surface area contributed by atoms with E-state index in [1.807, 2.05) is 19.1 Å². The normalized spacial score (nSPS) is 12.6.